The van der Waals surface area contributed by atoms with Crippen LogP contribution in [-0.4, -0.2) is 46.4 Å². The van der Waals surface area contributed by atoms with Gasteiger partial charge in [0.05, 0.1) is 23.8 Å². The summed E-state index contributed by atoms with van der Waals surface area (Å²) in [6.45, 7) is 9.22. The fourth-order valence-corrected chi connectivity index (χ4v) is 2.72. The number of aryl methyl sites for hydroxylation is 1. The van der Waals surface area contributed by atoms with Crippen molar-refractivity contribution in [2.24, 2.45) is 5.92 Å². The average molecular weight is 319 g/mol. The molecule has 0 saturated carbocycles. The number of likely N-dealkylation sites (tertiary alicyclic amines) is 1. The van der Waals surface area contributed by atoms with Crippen LogP contribution in [0.15, 0.2) is 6.20 Å². The summed E-state index contributed by atoms with van der Waals surface area (Å²) in [4.78, 5) is 34.9. The first-order valence-electron chi connectivity index (χ1n) is 8.23. The van der Waals surface area contributed by atoms with Crippen LogP contribution in [0.2, 0.25) is 0 Å². The third-order valence-electron chi connectivity index (χ3n) is 4.15. The monoisotopic (exact) mass is 319 g/mol. The van der Waals surface area contributed by atoms with E-state index in [0.717, 1.165) is 5.82 Å². The quantitative estimate of drug-likeness (QED) is 0.796. The highest BCUT2D eigenvalue weighted by atomic mass is 16.5. The summed E-state index contributed by atoms with van der Waals surface area (Å²) in [6.07, 6.45) is 2.92. The number of carbonyl (C=O) groups is 2. The Bertz CT molecular complexity index is 578. The molecule has 1 aliphatic rings. The van der Waals surface area contributed by atoms with Crippen molar-refractivity contribution in [3.63, 3.8) is 0 Å². The molecule has 0 unspecified atom stereocenters. The van der Waals surface area contributed by atoms with Crippen molar-refractivity contribution in [1.82, 2.24) is 14.9 Å². The molecule has 0 aliphatic carbocycles. The molecule has 2 heterocycles. The predicted molar refractivity (Wildman–Crippen MR) is 86.1 cm³/mol. The van der Waals surface area contributed by atoms with E-state index in [0.29, 0.717) is 43.8 Å². The van der Waals surface area contributed by atoms with E-state index in [9.17, 15) is 9.59 Å². The first-order chi connectivity index (χ1) is 10.9. The maximum atomic E-state index is 12.6. The van der Waals surface area contributed by atoms with Crippen LogP contribution in [0.3, 0.4) is 0 Å². The van der Waals surface area contributed by atoms with E-state index in [-0.39, 0.29) is 23.7 Å². The molecular weight excluding hydrogens is 294 g/mol. The van der Waals surface area contributed by atoms with Gasteiger partial charge in [0, 0.05) is 25.2 Å². The molecule has 1 saturated heterocycles. The van der Waals surface area contributed by atoms with Crippen LogP contribution in [0.1, 0.15) is 61.4 Å². The van der Waals surface area contributed by atoms with Crippen molar-refractivity contribution in [2.75, 3.05) is 19.7 Å². The number of rotatable bonds is 4. The molecule has 0 bridgehead atoms. The highest BCUT2D eigenvalue weighted by Gasteiger charge is 2.29. The van der Waals surface area contributed by atoms with Gasteiger partial charge in [-0.3, -0.25) is 9.59 Å². The molecule has 0 spiro atoms. The molecule has 2 rings (SSSR count). The number of piperidine rings is 1. The van der Waals surface area contributed by atoms with E-state index in [2.05, 4.69) is 9.97 Å². The minimum Gasteiger partial charge on any atom is -0.466 e. The Balaban J connectivity index is 2.01. The molecular formula is C17H25N3O3. The lowest BCUT2D eigenvalue weighted by atomic mass is 9.96. The average Bonchev–Trinajstić information content (AvgIpc) is 2.54. The molecule has 23 heavy (non-hydrogen) atoms. The van der Waals surface area contributed by atoms with E-state index < -0.39 is 0 Å². The molecule has 1 aromatic heterocycles. The molecule has 6 nitrogen and oxygen atoms in total. The van der Waals surface area contributed by atoms with Crippen LogP contribution >= 0.6 is 0 Å². The van der Waals surface area contributed by atoms with Crippen molar-refractivity contribution < 1.29 is 14.3 Å². The molecule has 0 N–H and O–H groups in total. The predicted octanol–water partition coefficient (Wildman–Crippen LogP) is 2.32. The zero-order valence-corrected chi connectivity index (χ0v) is 14.3. The number of amides is 1. The van der Waals surface area contributed by atoms with E-state index in [1.807, 2.05) is 20.8 Å². The Morgan fingerprint density at radius 3 is 2.52 bits per heavy atom. The summed E-state index contributed by atoms with van der Waals surface area (Å²) in [5.41, 5.74) is 1.25. The van der Waals surface area contributed by atoms with Crippen LogP contribution < -0.4 is 0 Å². The SMILES string of the molecule is CCOC(=O)C1CCN(C(=O)c2cnc(C(C)C)nc2C)CC1. The van der Waals surface area contributed by atoms with Gasteiger partial charge in [-0.15, -0.1) is 0 Å². The van der Waals surface area contributed by atoms with Gasteiger partial charge in [0.15, 0.2) is 0 Å². The van der Waals surface area contributed by atoms with Crippen LogP contribution in [0.25, 0.3) is 0 Å². The van der Waals surface area contributed by atoms with Gasteiger partial charge < -0.3 is 9.64 Å². The Morgan fingerprint density at radius 2 is 2.00 bits per heavy atom. The van der Waals surface area contributed by atoms with Crippen molar-refractivity contribution in [1.29, 1.82) is 0 Å². The van der Waals surface area contributed by atoms with Gasteiger partial charge >= 0.3 is 5.97 Å². The number of carbonyl (C=O) groups excluding carboxylic acids is 2. The van der Waals surface area contributed by atoms with Crippen LogP contribution in [0, 0.1) is 12.8 Å². The third-order valence-corrected chi connectivity index (χ3v) is 4.15. The van der Waals surface area contributed by atoms with Gasteiger partial charge in [-0.2, -0.15) is 0 Å². The first-order valence-corrected chi connectivity index (χ1v) is 8.23. The van der Waals surface area contributed by atoms with Crippen LogP contribution in [-0.2, 0) is 9.53 Å². The molecule has 0 atom stereocenters. The number of ether oxygens (including phenoxy) is 1. The fraction of sp³-hybridized carbons (Fsp3) is 0.647. The number of hydrogen-bond acceptors (Lipinski definition) is 5. The van der Waals surface area contributed by atoms with Gasteiger partial charge in [-0.1, -0.05) is 13.8 Å². The summed E-state index contributed by atoms with van der Waals surface area (Å²) < 4.78 is 5.05. The Morgan fingerprint density at radius 1 is 1.35 bits per heavy atom. The summed E-state index contributed by atoms with van der Waals surface area (Å²) >= 11 is 0. The standard InChI is InChI=1S/C17H25N3O3/c1-5-23-17(22)13-6-8-20(9-7-13)16(21)14-10-18-15(11(2)3)19-12(14)4/h10-11,13H,5-9H2,1-4H3. The Kier molecular flexibility index (Phi) is 5.69. The maximum absolute atomic E-state index is 12.6. The summed E-state index contributed by atoms with van der Waals surface area (Å²) in [5, 5.41) is 0. The lowest BCUT2D eigenvalue weighted by molar-refractivity contribution is -0.149. The number of hydrogen-bond donors (Lipinski definition) is 0. The van der Waals surface area contributed by atoms with E-state index in [1.165, 1.54) is 0 Å². The molecule has 1 fully saturated rings. The van der Waals surface area contributed by atoms with Gasteiger partial charge in [0.25, 0.3) is 5.91 Å². The molecule has 6 heteroatoms. The van der Waals surface area contributed by atoms with E-state index >= 15 is 0 Å². The normalized spacial score (nSPS) is 15.8. The molecule has 126 valence electrons. The molecule has 0 radical (unpaired) electrons. The van der Waals surface area contributed by atoms with E-state index in [1.54, 1.807) is 18.0 Å². The second-order valence-electron chi connectivity index (χ2n) is 6.20. The third kappa shape index (κ3) is 4.06. The second kappa shape index (κ2) is 7.53. The zero-order chi connectivity index (χ0) is 17.0. The fourth-order valence-electron chi connectivity index (χ4n) is 2.72. The largest absolute Gasteiger partial charge is 0.466 e. The number of nitrogens with zero attached hydrogens (tertiary/aromatic N) is 3. The Hall–Kier alpha value is -1.98. The maximum Gasteiger partial charge on any atom is 0.309 e. The molecule has 1 aliphatic heterocycles. The van der Waals surface area contributed by atoms with E-state index in [4.69, 9.17) is 4.74 Å². The molecule has 1 aromatic rings. The van der Waals surface area contributed by atoms with Gasteiger partial charge in [0.2, 0.25) is 0 Å². The van der Waals surface area contributed by atoms with Crippen molar-refractivity contribution in [3.05, 3.63) is 23.3 Å². The number of esters is 1. The minimum absolute atomic E-state index is 0.0554. The summed E-state index contributed by atoms with van der Waals surface area (Å²) in [6, 6.07) is 0. The van der Waals surface area contributed by atoms with Gasteiger partial charge in [-0.25, -0.2) is 9.97 Å². The zero-order valence-electron chi connectivity index (χ0n) is 14.3. The second-order valence-corrected chi connectivity index (χ2v) is 6.20. The smallest absolute Gasteiger partial charge is 0.309 e. The topological polar surface area (TPSA) is 72.4 Å². The highest BCUT2D eigenvalue weighted by Crippen LogP contribution is 2.21. The summed E-state index contributed by atoms with van der Waals surface area (Å²) in [7, 11) is 0. The lowest BCUT2D eigenvalue weighted by Gasteiger charge is -2.31. The molecule has 1 amide bonds. The number of aromatic nitrogens is 2. The van der Waals surface area contributed by atoms with Gasteiger partial charge in [-0.05, 0) is 26.7 Å². The van der Waals surface area contributed by atoms with Crippen LogP contribution in [0.4, 0.5) is 0 Å². The van der Waals surface area contributed by atoms with Crippen molar-refractivity contribution in [3.8, 4) is 0 Å². The van der Waals surface area contributed by atoms with Crippen LogP contribution in [0.5, 0.6) is 0 Å². The first kappa shape index (κ1) is 17.4. The van der Waals surface area contributed by atoms with Gasteiger partial charge in [0.1, 0.15) is 5.82 Å². The lowest BCUT2D eigenvalue weighted by Crippen LogP contribution is -2.41. The summed E-state index contributed by atoms with van der Waals surface area (Å²) in [5.74, 6) is 0.679. The van der Waals surface area contributed by atoms with Crippen molar-refractivity contribution in [2.45, 2.75) is 46.5 Å². The van der Waals surface area contributed by atoms with Crippen molar-refractivity contribution >= 4 is 11.9 Å². The highest BCUT2D eigenvalue weighted by molar-refractivity contribution is 5.95. The minimum atomic E-state index is -0.152. The Labute approximate surface area is 137 Å². The molecule has 0 aromatic carbocycles.